The van der Waals surface area contributed by atoms with Gasteiger partial charge >= 0.3 is 0 Å². The summed E-state index contributed by atoms with van der Waals surface area (Å²) in [5, 5.41) is 2.94. The van der Waals surface area contributed by atoms with E-state index in [2.05, 4.69) is 17.3 Å². The van der Waals surface area contributed by atoms with E-state index in [1.54, 1.807) is 0 Å². The minimum absolute atomic E-state index is 0. The number of amides is 1. The third-order valence-corrected chi connectivity index (χ3v) is 2.23. The average molecular weight is 172 g/mol. The maximum atomic E-state index is 11.1. The second-order valence-electron chi connectivity index (χ2n) is 3.99. The monoisotopic (exact) mass is 172 g/mol. The van der Waals surface area contributed by atoms with Crippen LogP contribution in [0.15, 0.2) is 0 Å². The fourth-order valence-corrected chi connectivity index (χ4v) is 1.41. The Hall–Kier alpha value is -0.570. The molecule has 12 heavy (non-hydrogen) atoms. The number of likely N-dealkylation sites (tertiary alicyclic amines) is 1. The van der Waals surface area contributed by atoms with Crippen LogP contribution in [0.2, 0.25) is 0 Å². The van der Waals surface area contributed by atoms with E-state index >= 15 is 0 Å². The molecule has 1 N–H and O–H groups in total. The number of hydrogen-bond donors (Lipinski definition) is 1. The number of carbonyl (C=O) groups is 1. The Balaban J connectivity index is 0.00000144. The zero-order valence-corrected chi connectivity index (χ0v) is 8.13. The molecule has 1 rings (SSSR count). The zero-order valence-electron chi connectivity index (χ0n) is 8.13. The van der Waals surface area contributed by atoms with Gasteiger partial charge in [-0.05, 0) is 7.05 Å². The minimum Gasteiger partial charge on any atom is -0.356 e. The predicted octanol–water partition coefficient (Wildman–Crippen LogP) is 0.566. The number of hydrogen-bond acceptors (Lipinski definition) is 2. The fourth-order valence-electron chi connectivity index (χ4n) is 1.41. The number of rotatable bonds is 3. The first-order valence-electron chi connectivity index (χ1n) is 4.56. The fraction of sp³-hybridized carbons (Fsp3) is 0.889. The average Bonchev–Trinajstić information content (AvgIpc) is 1.95. The molecule has 1 aliphatic rings. The topological polar surface area (TPSA) is 32.3 Å². The van der Waals surface area contributed by atoms with E-state index in [9.17, 15) is 4.79 Å². The van der Waals surface area contributed by atoms with Gasteiger partial charge in [-0.1, -0.05) is 13.8 Å². The van der Waals surface area contributed by atoms with Crippen molar-refractivity contribution in [2.45, 2.75) is 13.8 Å². The van der Waals surface area contributed by atoms with Crippen molar-refractivity contribution in [1.82, 2.24) is 10.2 Å². The zero-order chi connectivity index (χ0) is 9.14. The molecule has 0 unspecified atom stereocenters. The summed E-state index contributed by atoms with van der Waals surface area (Å²) in [6, 6.07) is 0. The van der Waals surface area contributed by atoms with Crippen LogP contribution in [0.3, 0.4) is 0 Å². The van der Waals surface area contributed by atoms with Gasteiger partial charge in [-0.3, -0.25) is 4.79 Å². The van der Waals surface area contributed by atoms with E-state index in [1.807, 2.05) is 13.8 Å². The van der Waals surface area contributed by atoms with Crippen LogP contribution in [0, 0.1) is 11.8 Å². The van der Waals surface area contributed by atoms with Crippen LogP contribution < -0.4 is 5.32 Å². The van der Waals surface area contributed by atoms with Gasteiger partial charge in [-0.15, -0.1) is 0 Å². The van der Waals surface area contributed by atoms with Gasteiger partial charge in [0.05, 0.1) is 0 Å². The number of carbonyl (C=O) groups excluding carboxylic acids is 1. The first kappa shape index (κ1) is 9.52. The molecular formula is C9H20N2O. The Morgan fingerprint density at radius 1 is 1.67 bits per heavy atom. The Morgan fingerprint density at radius 3 is 2.67 bits per heavy atom. The van der Waals surface area contributed by atoms with E-state index in [4.69, 9.17) is 0 Å². The molecule has 0 atom stereocenters. The Kier molecular flexibility index (Phi) is 3.09. The lowest BCUT2D eigenvalue weighted by Gasteiger charge is -2.36. The van der Waals surface area contributed by atoms with E-state index in [0.717, 1.165) is 19.6 Å². The summed E-state index contributed by atoms with van der Waals surface area (Å²) < 4.78 is 0. The van der Waals surface area contributed by atoms with Gasteiger partial charge in [0.25, 0.3) is 0 Å². The smallest absolute Gasteiger partial charge is 0.222 e. The molecule has 1 heterocycles. The molecule has 0 bridgehead atoms. The second kappa shape index (κ2) is 3.90. The van der Waals surface area contributed by atoms with Crippen molar-refractivity contribution in [3.63, 3.8) is 0 Å². The van der Waals surface area contributed by atoms with Crippen molar-refractivity contribution in [1.29, 1.82) is 0 Å². The largest absolute Gasteiger partial charge is 0.356 e. The molecule has 0 saturated carbocycles. The first-order chi connectivity index (χ1) is 5.59. The molecule has 3 heteroatoms. The van der Waals surface area contributed by atoms with Crippen LogP contribution in [-0.4, -0.2) is 37.5 Å². The highest BCUT2D eigenvalue weighted by Gasteiger charge is 2.23. The number of nitrogens with one attached hydrogen (secondary N) is 1. The van der Waals surface area contributed by atoms with Crippen LogP contribution >= 0.6 is 0 Å². The van der Waals surface area contributed by atoms with Gasteiger partial charge in [0.15, 0.2) is 0 Å². The summed E-state index contributed by atoms with van der Waals surface area (Å²) in [7, 11) is 2.10. The maximum absolute atomic E-state index is 11.1. The highest BCUT2D eigenvalue weighted by Crippen LogP contribution is 2.10. The molecule has 1 saturated heterocycles. The van der Waals surface area contributed by atoms with Gasteiger partial charge in [0.1, 0.15) is 0 Å². The summed E-state index contributed by atoms with van der Waals surface area (Å²) >= 11 is 0. The van der Waals surface area contributed by atoms with Crippen LogP contribution in [0.25, 0.3) is 0 Å². The lowest BCUT2D eigenvalue weighted by atomic mass is 10.0. The van der Waals surface area contributed by atoms with Crippen molar-refractivity contribution < 1.29 is 6.22 Å². The Bertz CT molecular complexity index is 167. The van der Waals surface area contributed by atoms with Gasteiger partial charge in [0.2, 0.25) is 5.91 Å². The predicted molar refractivity (Wildman–Crippen MR) is 50.9 cm³/mol. The summed E-state index contributed by atoms with van der Waals surface area (Å²) in [4.78, 5) is 13.4. The van der Waals surface area contributed by atoms with Gasteiger partial charge in [-0.25, -0.2) is 0 Å². The van der Waals surface area contributed by atoms with Crippen LogP contribution in [-0.2, 0) is 4.79 Å². The molecule has 1 amide bonds. The van der Waals surface area contributed by atoms with Crippen molar-refractivity contribution in [2.75, 3.05) is 26.7 Å². The van der Waals surface area contributed by atoms with E-state index in [1.165, 1.54) is 0 Å². The molecule has 1 aliphatic heterocycles. The summed E-state index contributed by atoms with van der Waals surface area (Å²) in [6.07, 6.45) is 0. The van der Waals surface area contributed by atoms with Crippen LogP contribution in [0.5, 0.6) is 0 Å². The quantitative estimate of drug-likeness (QED) is 0.675. The molecule has 0 aliphatic carbocycles. The molecule has 0 aromatic heterocycles. The molecule has 0 aromatic rings. The van der Waals surface area contributed by atoms with E-state index < -0.39 is 0 Å². The van der Waals surface area contributed by atoms with Crippen molar-refractivity contribution in [2.24, 2.45) is 11.8 Å². The molecule has 0 aromatic carbocycles. The summed E-state index contributed by atoms with van der Waals surface area (Å²) in [5.41, 5.74) is 0. The third kappa shape index (κ3) is 2.48. The van der Waals surface area contributed by atoms with Crippen molar-refractivity contribution >= 4 is 5.91 Å². The van der Waals surface area contributed by atoms with E-state index in [-0.39, 0.29) is 13.3 Å². The third-order valence-electron chi connectivity index (χ3n) is 2.23. The van der Waals surface area contributed by atoms with Gasteiger partial charge < -0.3 is 10.2 Å². The molecule has 72 valence electrons. The minimum atomic E-state index is 0. The maximum Gasteiger partial charge on any atom is 0.222 e. The highest BCUT2D eigenvalue weighted by molar-refractivity contribution is 5.77. The SMILES string of the molecule is CC(C)C(=O)NCC1CN(C)C1.[HH]. The standard InChI is InChI=1S/C9H18N2O.H2/c1-7(2)9(12)10-4-8-5-11(3)6-8;/h7-8H,4-6H2,1-3H3,(H,10,12);1H. The molecule has 0 radical (unpaired) electrons. The normalized spacial score (nSPS) is 19.3. The molecule has 0 spiro atoms. The molecule has 1 fully saturated rings. The lowest BCUT2D eigenvalue weighted by molar-refractivity contribution is -0.124. The Labute approximate surface area is 75.6 Å². The lowest BCUT2D eigenvalue weighted by Crippen LogP contribution is -2.49. The van der Waals surface area contributed by atoms with E-state index in [0.29, 0.717) is 5.92 Å². The highest BCUT2D eigenvalue weighted by atomic mass is 16.1. The Morgan fingerprint density at radius 2 is 2.25 bits per heavy atom. The molecule has 3 nitrogen and oxygen atoms in total. The molecular weight excluding hydrogens is 152 g/mol. The van der Waals surface area contributed by atoms with Crippen molar-refractivity contribution in [3.8, 4) is 0 Å². The van der Waals surface area contributed by atoms with Crippen LogP contribution in [0.1, 0.15) is 15.3 Å². The van der Waals surface area contributed by atoms with Gasteiger partial charge in [-0.2, -0.15) is 0 Å². The van der Waals surface area contributed by atoms with Crippen molar-refractivity contribution in [3.05, 3.63) is 0 Å². The van der Waals surface area contributed by atoms with Crippen LogP contribution in [0.4, 0.5) is 0 Å². The summed E-state index contributed by atoms with van der Waals surface area (Å²) in [5.74, 6) is 0.963. The van der Waals surface area contributed by atoms with Gasteiger partial charge in [0, 0.05) is 32.9 Å². The summed E-state index contributed by atoms with van der Waals surface area (Å²) in [6.45, 7) is 6.93. The first-order valence-corrected chi connectivity index (χ1v) is 4.56. The number of nitrogens with zero attached hydrogens (tertiary/aromatic N) is 1. The second-order valence-corrected chi connectivity index (χ2v) is 3.99.